The molecule has 1 saturated heterocycles. The van der Waals surface area contributed by atoms with Gasteiger partial charge in [-0.05, 0) is 25.3 Å². The summed E-state index contributed by atoms with van der Waals surface area (Å²) in [4.78, 5) is 29.5. The monoisotopic (exact) mass is 297 g/mol. The quantitative estimate of drug-likeness (QED) is 0.863. The number of piperidine rings is 1. The zero-order valence-corrected chi connectivity index (χ0v) is 12.2. The van der Waals surface area contributed by atoms with Gasteiger partial charge in [0.25, 0.3) is 5.91 Å². The van der Waals surface area contributed by atoms with Crippen molar-refractivity contribution >= 4 is 23.2 Å². The maximum atomic E-state index is 12.5. The molecule has 0 spiro atoms. The Hall–Kier alpha value is -1.47. The number of carbonyl (C=O) groups is 2. The lowest BCUT2D eigenvalue weighted by Crippen LogP contribution is -2.52. The Bertz CT molecular complexity index is 503. The lowest BCUT2D eigenvalue weighted by atomic mass is 9.90. The van der Waals surface area contributed by atoms with Crippen LogP contribution in [0.25, 0.3) is 0 Å². The van der Waals surface area contributed by atoms with E-state index in [4.69, 9.17) is 5.73 Å². The molecule has 0 saturated carbocycles. The molecular weight excluding hydrogens is 278 g/mol. The summed E-state index contributed by atoms with van der Waals surface area (Å²) < 4.78 is 0. The molecule has 2 unspecified atom stereocenters. The number of aromatic nitrogens is 1. The lowest BCUT2D eigenvalue weighted by molar-refractivity contribution is -0.145. The van der Waals surface area contributed by atoms with Crippen molar-refractivity contribution in [2.45, 2.75) is 32.2 Å². The highest BCUT2D eigenvalue weighted by Crippen LogP contribution is 2.25. The smallest absolute Gasteiger partial charge is 0.326 e. The molecule has 6 nitrogen and oxygen atoms in total. The fourth-order valence-corrected chi connectivity index (χ4v) is 3.37. The van der Waals surface area contributed by atoms with Gasteiger partial charge in [-0.2, -0.15) is 0 Å². The molecule has 0 aromatic carbocycles. The number of aliphatic carboxylic acids is 1. The number of nitrogens with zero attached hydrogens (tertiary/aromatic N) is 2. The van der Waals surface area contributed by atoms with Gasteiger partial charge in [0.2, 0.25) is 0 Å². The van der Waals surface area contributed by atoms with Crippen LogP contribution in [0.1, 0.15) is 35.3 Å². The van der Waals surface area contributed by atoms with Crippen LogP contribution in [-0.4, -0.2) is 46.0 Å². The van der Waals surface area contributed by atoms with Crippen LogP contribution in [0.15, 0.2) is 5.38 Å². The van der Waals surface area contributed by atoms with Crippen LogP contribution >= 0.6 is 11.3 Å². The van der Waals surface area contributed by atoms with Gasteiger partial charge in [-0.25, -0.2) is 9.78 Å². The number of carboxylic acids is 1. The minimum atomic E-state index is -0.942. The summed E-state index contributed by atoms with van der Waals surface area (Å²) in [6, 6.07) is -0.754. The van der Waals surface area contributed by atoms with Crippen LogP contribution in [0, 0.1) is 5.92 Å². The van der Waals surface area contributed by atoms with E-state index in [0.29, 0.717) is 25.2 Å². The molecule has 20 heavy (non-hydrogen) atoms. The molecule has 2 atom stereocenters. The highest BCUT2D eigenvalue weighted by atomic mass is 32.1. The minimum Gasteiger partial charge on any atom is -0.480 e. The first-order valence-corrected chi connectivity index (χ1v) is 7.60. The summed E-state index contributed by atoms with van der Waals surface area (Å²) in [6.45, 7) is 2.84. The topological polar surface area (TPSA) is 96.5 Å². The molecule has 1 aliphatic heterocycles. The summed E-state index contributed by atoms with van der Waals surface area (Å²) in [6.07, 6.45) is 2.30. The summed E-state index contributed by atoms with van der Waals surface area (Å²) in [5.41, 5.74) is 5.79. The SMILES string of the molecule is CC1CCCN(C(=O)c2csc(CCN)n2)C1C(=O)O. The van der Waals surface area contributed by atoms with Gasteiger partial charge < -0.3 is 15.7 Å². The van der Waals surface area contributed by atoms with Crippen molar-refractivity contribution in [2.75, 3.05) is 13.1 Å². The second-order valence-corrected chi connectivity index (χ2v) is 6.01. The van der Waals surface area contributed by atoms with Gasteiger partial charge in [0.15, 0.2) is 0 Å². The van der Waals surface area contributed by atoms with Gasteiger partial charge in [0.05, 0.1) is 5.01 Å². The van der Waals surface area contributed by atoms with E-state index in [-0.39, 0.29) is 11.8 Å². The van der Waals surface area contributed by atoms with Gasteiger partial charge in [0.1, 0.15) is 11.7 Å². The van der Waals surface area contributed by atoms with Gasteiger partial charge in [-0.1, -0.05) is 6.92 Å². The summed E-state index contributed by atoms with van der Waals surface area (Å²) in [5.74, 6) is -1.27. The van der Waals surface area contributed by atoms with Crippen LogP contribution in [0.4, 0.5) is 0 Å². The van der Waals surface area contributed by atoms with E-state index < -0.39 is 12.0 Å². The number of hydrogen-bond donors (Lipinski definition) is 2. The predicted molar refractivity (Wildman–Crippen MR) is 75.7 cm³/mol. The number of carbonyl (C=O) groups excluding carboxylic acids is 1. The van der Waals surface area contributed by atoms with E-state index in [2.05, 4.69) is 4.98 Å². The largest absolute Gasteiger partial charge is 0.480 e. The summed E-state index contributed by atoms with van der Waals surface area (Å²) >= 11 is 1.39. The number of likely N-dealkylation sites (tertiary alicyclic amines) is 1. The first-order chi connectivity index (χ1) is 9.54. The Morgan fingerprint density at radius 3 is 3.00 bits per heavy atom. The van der Waals surface area contributed by atoms with Gasteiger partial charge in [-0.15, -0.1) is 11.3 Å². The highest BCUT2D eigenvalue weighted by Gasteiger charge is 2.37. The molecule has 2 rings (SSSR count). The predicted octanol–water partition coefficient (Wildman–Crippen LogP) is 0.970. The molecular formula is C13H19N3O3S. The van der Waals surface area contributed by atoms with Crippen molar-refractivity contribution in [2.24, 2.45) is 11.7 Å². The number of carboxylic acid groups (broad SMARTS) is 1. The Kier molecular flexibility index (Phi) is 4.72. The van der Waals surface area contributed by atoms with Crippen molar-refractivity contribution in [1.82, 2.24) is 9.88 Å². The zero-order valence-electron chi connectivity index (χ0n) is 11.4. The van der Waals surface area contributed by atoms with E-state index in [1.54, 1.807) is 5.38 Å². The second-order valence-electron chi connectivity index (χ2n) is 5.07. The van der Waals surface area contributed by atoms with E-state index in [1.165, 1.54) is 16.2 Å². The molecule has 2 heterocycles. The molecule has 1 aromatic heterocycles. The molecule has 0 radical (unpaired) electrons. The fourth-order valence-electron chi connectivity index (χ4n) is 2.59. The number of hydrogen-bond acceptors (Lipinski definition) is 5. The fraction of sp³-hybridized carbons (Fsp3) is 0.615. The lowest BCUT2D eigenvalue weighted by Gasteiger charge is -2.36. The maximum Gasteiger partial charge on any atom is 0.326 e. The third-order valence-corrected chi connectivity index (χ3v) is 4.48. The van der Waals surface area contributed by atoms with Crippen molar-refractivity contribution in [3.8, 4) is 0 Å². The zero-order chi connectivity index (χ0) is 14.7. The van der Waals surface area contributed by atoms with Crippen molar-refractivity contribution in [3.05, 3.63) is 16.1 Å². The second kappa shape index (κ2) is 6.32. The van der Waals surface area contributed by atoms with Gasteiger partial charge in [0, 0.05) is 18.3 Å². The van der Waals surface area contributed by atoms with Crippen LogP contribution < -0.4 is 5.73 Å². The maximum absolute atomic E-state index is 12.5. The number of amides is 1. The molecule has 7 heteroatoms. The Morgan fingerprint density at radius 1 is 1.60 bits per heavy atom. The van der Waals surface area contributed by atoms with Crippen molar-refractivity contribution < 1.29 is 14.7 Å². The molecule has 3 N–H and O–H groups in total. The molecule has 0 bridgehead atoms. The van der Waals surface area contributed by atoms with E-state index in [1.807, 2.05) is 6.92 Å². The van der Waals surface area contributed by atoms with Gasteiger partial charge in [-0.3, -0.25) is 4.79 Å². The number of rotatable bonds is 4. The minimum absolute atomic E-state index is 0.0349. The Labute approximate surface area is 121 Å². The molecule has 1 fully saturated rings. The molecule has 1 aliphatic rings. The van der Waals surface area contributed by atoms with Crippen LogP contribution in [0.2, 0.25) is 0 Å². The van der Waals surface area contributed by atoms with Crippen LogP contribution in [-0.2, 0) is 11.2 Å². The standard InChI is InChI=1S/C13H19N3O3S/c1-8-3-2-6-16(11(8)13(18)19)12(17)9-7-20-10(15-9)4-5-14/h7-8,11H,2-6,14H2,1H3,(H,18,19). The number of nitrogens with two attached hydrogens (primary N) is 1. The van der Waals surface area contributed by atoms with E-state index in [0.717, 1.165) is 17.8 Å². The summed E-state index contributed by atoms with van der Waals surface area (Å²) in [7, 11) is 0. The molecule has 110 valence electrons. The average molecular weight is 297 g/mol. The molecule has 0 aliphatic carbocycles. The van der Waals surface area contributed by atoms with Crippen molar-refractivity contribution in [3.63, 3.8) is 0 Å². The third-order valence-electron chi connectivity index (χ3n) is 3.58. The number of thiazole rings is 1. The van der Waals surface area contributed by atoms with Crippen molar-refractivity contribution in [1.29, 1.82) is 0 Å². The Balaban J connectivity index is 2.18. The average Bonchev–Trinajstić information content (AvgIpc) is 2.86. The van der Waals surface area contributed by atoms with Crippen LogP contribution in [0.3, 0.4) is 0 Å². The van der Waals surface area contributed by atoms with Crippen LogP contribution in [0.5, 0.6) is 0 Å². The first-order valence-electron chi connectivity index (χ1n) is 6.73. The molecule has 1 amide bonds. The first kappa shape index (κ1) is 14.9. The van der Waals surface area contributed by atoms with E-state index >= 15 is 0 Å². The van der Waals surface area contributed by atoms with E-state index in [9.17, 15) is 14.7 Å². The highest BCUT2D eigenvalue weighted by molar-refractivity contribution is 7.09. The Morgan fingerprint density at radius 2 is 2.35 bits per heavy atom. The third kappa shape index (κ3) is 2.99. The van der Waals surface area contributed by atoms with Gasteiger partial charge >= 0.3 is 5.97 Å². The summed E-state index contributed by atoms with van der Waals surface area (Å²) in [5, 5.41) is 11.8. The molecule has 1 aromatic rings. The normalized spacial score (nSPS) is 22.8.